The van der Waals surface area contributed by atoms with Crippen LogP contribution in [0.5, 0.6) is 0 Å². The fourth-order valence-electron chi connectivity index (χ4n) is 11.0. The number of ether oxygens (including phenoxy) is 3. The van der Waals surface area contributed by atoms with Gasteiger partial charge in [-0.1, -0.05) is 365 Å². The van der Waals surface area contributed by atoms with Gasteiger partial charge in [0.05, 0.1) is 0 Å². The van der Waals surface area contributed by atoms with Crippen molar-refractivity contribution in [3.8, 4) is 0 Å². The SMILES string of the molecule is CC/C=C\C/C=C\C/C=C\C/C=C\CCCCCCC(=O)OC(COC(=O)CCCCCCCCCCCCCCCCCC)COC(=O)CCCCCCCCCCCCCCCCCCCCCCCCCCCCCCCC. The Balaban J connectivity index is 4.20. The number of carbonyl (C=O) groups excluding carboxylic acids is 3. The Bertz CT molecular complexity index is 1400. The largest absolute Gasteiger partial charge is 0.462 e. The molecule has 1 atom stereocenters. The van der Waals surface area contributed by atoms with Gasteiger partial charge in [-0.25, -0.2) is 0 Å². The van der Waals surface area contributed by atoms with Gasteiger partial charge in [0.15, 0.2) is 6.10 Å². The van der Waals surface area contributed by atoms with Gasteiger partial charge in [0, 0.05) is 19.3 Å². The molecule has 6 heteroatoms. The lowest BCUT2D eigenvalue weighted by Gasteiger charge is -2.18. The third-order valence-electron chi connectivity index (χ3n) is 16.3. The van der Waals surface area contributed by atoms with Crippen molar-refractivity contribution >= 4 is 17.9 Å². The summed E-state index contributed by atoms with van der Waals surface area (Å²) in [5.74, 6) is -0.874. The second-order valence-corrected chi connectivity index (χ2v) is 24.5. The Labute approximate surface area is 505 Å². The van der Waals surface area contributed by atoms with Crippen LogP contribution in [0.25, 0.3) is 0 Å². The van der Waals surface area contributed by atoms with E-state index in [1.165, 1.54) is 257 Å². The van der Waals surface area contributed by atoms with Gasteiger partial charge >= 0.3 is 17.9 Å². The summed E-state index contributed by atoms with van der Waals surface area (Å²) in [6, 6.07) is 0. The van der Waals surface area contributed by atoms with E-state index >= 15 is 0 Å². The molecule has 474 valence electrons. The first-order valence-electron chi connectivity index (χ1n) is 36.1. The van der Waals surface area contributed by atoms with Crippen molar-refractivity contribution in [2.45, 2.75) is 399 Å². The van der Waals surface area contributed by atoms with E-state index in [2.05, 4.69) is 69.4 Å². The van der Waals surface area contributed by atoms with Crippen LogP contribution in [0.3, 0.4) is 0 Å². The molecule has 0 aromatic heterocycles. The Morgan fingerprint density at radius 3 is 0.753 bits per heavy atom. The highest BCUT2D eigenvalue weighted by Gasteiger charge is 2.19. The topological polar surface area (TPSA) is 78.9 Å². The third-order valence-corrected chi connectivity index (χ3v) is 16.3. The molecule has 0 rings (SSSR count). The number of unbranched alkanes of at least 4 members (excludes halogenated alkanes) is 48. The molecule has 0 heterocycles. The van der Waals surface area contributed by atoms with E-state index in [9.17, 15) is 14.4 Å². The molecule has 0 N–H and O–H groups in total. The summed E-state index contributed by atoms with van der Waals surface area (Å²) in [6.45, 7) is 6.58. The summed E-state index contributed by atoms with van der Waals surface area (Å²) >= 11 is 0. The van der Waals surface area contributed by atoms with Gasteiger partial charge < -0.3 is 14.2 Å². The number of carbonyl (C=O) groups is 3. The molecule has 0 spiro atoms. The normalized spacial score (nSPS) is 12.3. The number of hydrogen-bond donors (Lipinski definition) is 0. The molecule has 0 aromatic rings. The Hall–Kier alpha value is -2.63. The van der Waals surface area contributed by atoms with Crippen LogP contribution >= 0.6 is 0 Å². The number of esters is 3. The van der Waals surface area contributed by atoms with Crippen LogP contribution in [0.1, 0.15) is 393 Å². The molecule has 0 aromatic carbocycles. The Kier molecular flexibility index (Phi) is 67.6. The molecule has 0 saturated heterocycles. The Morgan fingerprint density at radius 2 is 0.481 bits per heavy atom. The summed E-state index contributed by atoms with van der Waals surface area (Å²) in [6.07, 6.45) is 88.7. The summed E-state index contributed by atoms with van der Waals surface area (Å²) in [5.41, 5.74) is 0. The van der Waals surface area contributed by atoms with Gasteiger partial charge in [-0.15, -0.1) is 0 Å². The highest BCUT2D eigenvalue weighted by molar-refractivity contribution is 5.71. The molecule has 0 aliphatic carbocycles. The van der Waals surface area contributed by atoms with Gasteiger partial charge in [-0.3, -0.25) is 14.4 Å². The van der Waals surface area contributed by atoms with Crippen molar-refractivity contribution in [2.75, 3.05) is 13.2 Å². The average molecular weight is 1140 g/mol. The fourth-order valence-corrected chi connectivity index (χ4v) is 11.0. The van der Waals surface area contributed by atoms with Crippen LogP contribution in [-0.2, 0) is 28.6 Å². The maximum absolute atomic E-state index is 12.9. The lowest BCUT2D eigenvalue weighted by atomic mass is 10.0. The molecule has 1 unspecified atom stereocenters. The molecule has 0 bridgehead atoms. The standard InChI is InChI=1S/C75H138O6/c1-4-7-10-13-16-19-22-25-28-31-32-33-34-35-36-37-38-39-40-41-42-43-45-47-50-53-56-59-62-65-68-74(77)80-71-72(70-79-73(76)67-64-61-58-55-52-49-46-30-27-24-21-18-15-12-9-6-3)81-75(78)69-66-63-60-57-54-51-48-44-29-26-23-20-17-14-11-8-5-2/h8,11,17,20,26,29,48,51,72H,4-7,9-10,12-16,18-19,21-25,27-28,30-47,49-50,52-71H2,1-3H3/b11-8-,20-17-,29-26-,51-48-. The van der Waals surface area contributed by atoms with E-state index in [1.807, 2.05) is 0 Å². The molecule has 0 aliphatic rings. The van der Waals surface area contributed by atoms with E-state index in [1.54, 1.807) is 0 Å². The maximum Gasteiger partial charge on any atom is 0.306 e. The number of rotatable bonds is 67. The zero-order valence-electron chi connectivity index (χ0n) is 54.6. The highest BCUT2D eigenvalue weighted by atomic mass is 16.6. The van der Waals surface area contributed by atoms with Crippen LogP contribution in [0.4, 0.5) is 0 Å². The number of allylic oxidation sites excluding steroid dienone is 8. The van der Waals surface area contributed by atoms with Gasteiger partial charge in [0.1, 0.15) is 13.2 Å². The maximum atomic E-state index is 12.9. The molecular formula is C75H138O6. The molecule has 0 amide bonds. The summed E-state index contributed by atoms with van der Waals surface area (Å²) in [5, 5.41) is 0. The highest BCUT2D eigenvalue weighted by Crippen LogP contribution is 2.19. The van der Waals surface area contributed by atoms with Crippen molar-refractivity contribution in [2.24, 2.45) is 0 Å². The average Bonchev–Trinajstić information content (AvgIpc) is 3.47. The predicted octanol–water partition coefficient (Wildman–Crippen LogP) is 24.9. The van der Waals surface area contributed by atoms with Crippen LogP contribution in [0, 0.1) is 0 Å². The minimum absolute atomic E-state index is 0.0780. The predicted molar refractivity (Wildman–Crippen MR) is 353 cm³/mol. The molecule has 0 aliphatic heterocycles. The molecule has 6 nitrogen and oxygen atoms in total. The zero-order valence-corrected chi connectivity index (χ0v) is 54.6. The molecule has 0 saturated carbocycles. The van der Waals surface area contributed by atoms with Crippen molar-refractivity contribution in [1.82, 2.24) is 0 Å². The molecule has 0 radical (unpaired) electrons. The zero-order chi connectivity index (χ0) is 58.5. The van der Waals surface area contributed by atoms with Gasteiger partial charge in [0.2, 0.25) is 0 Å². The van der Waals surface area contributed by atoms with E-state index < -0.39 is 6.10 Å². The van der Waals surface area contributed by atoms with Crippen LogP contribution in [-0.4, -0.2) is 37.2 Å². The summed E-state index contributed by atoms with van der Waals surface area (Å²) < 4.78 is 17.0. The van der Waals surface area contributed by atoms with E-state index in [4.69, 9.17) is 14.2 Å². The minimum atomic E-state index is -0.784. The lowest BCUT2D eigenvalue weighted by Crippen LogP contribution is -2.30. The van der Waals surface area contributed by atoms with Gasteiger partial charge in [-0.2, -0.15) is 0 Å². The third kappa shape index (κ3) is 68.0. The van der Waals surface area contributed by atoms with Crippen LogP contribution in [0.2, 0.25) is 0 Å². The Morgan fingerprint density at radius 1 is 0.259 bits per heavy atom. The van der Waals surface area contributed by atoms with Gasteiger partial charge in [0.25, 0.3) is 0 Å². The van der Waals surface area contributed by atoms with Gasteiger partial charge in [-0.05, 0) is 57.8 Å². The quantitative estimate of drug-likeness (QED) is 0.0261. The second kappa shape index (κ2) is 69.9. The second-order valence-electron chi connectivity index (χ2n) is 24.5. The summed E-state index contributed by atoms with van der Waals surface area (Å²) in [4.78, 5) is 38.4. The van der Waals surface area contributed by atoms with Crippen LogP contribution < -0.4 is 0 Å². The number of hydrogen-bond acceptors (Lipinski definition) is 6. The van der Waals surface area contributed by atoms with Crippen molar-refractivity contribution in [1.29, 1.82) is 0 Å². The molecular weight excluding hydrogens is 997 g/mol. The smallest absolute Gasteiger partial charge is 0.306 e. The molecule has 81 heavy (non-hydrogen) atoms. The minimum Gasteiger partial charge on any atom is -0.462 e. The van der Waals surface area contributed by atoms with E-state index in [0.29, 0.717) is 19.3 Å². The summed E-state index contributed by atoms with van der Waals surface area (Å²) in [7, 11) is 0. The lowest BCUT2D eigenvalue weighted by molar-refractivity contribution is -0.167. The first-order chi connectivity index (χ1) is 40.0. The van der Waals surface area contributed by atoms with Crippen LogP contribution in [0.15, 0.2) is 48.6 Å². The van der Waals surface area contributed by atoms with Crippen molar-refractivity contribution in [3.63, 3.8) is 0 Å². The first-order valence-corrected chi connectivity index (χ1v) is 36.1. The van der Waals surface area contributed by atoms with Crippen molar-refractivity contribution < 1.29 is 28.6 Å². The van der Waals surface area contributed by atoms with Crippen molar-refractivity contribution in [3.05, 3.63) is 48.6 Å². The first kappa shape index (κ1) is 78.4. The molecule has 0 fully saturated rings. The monoisotopic (exact) mass is 1140 g/mol. The fraction of sp³-hybridized carbons (Fsp3) is 0.853. The van der Waals surface area contributed by atoms with E-state index in [0.717, 1.165) is 96.3 Å². The van der Waals surface area contributed by atoms with E-state index in [-0.39, 0.29) is 31.1 Å².